The number of rotatable bonds is 2. The average Bonchev–Trinajstić information content (AvgIpc) is 2.26. The van der Waals surface area contributed by atoms with Gasteiger partial charge in [0.15, 0.2) is 5.69 Å². The third-order valence-corrected chi connectivity index (χ3v) is 1.57. The zero-order chi connectivity index (χ0) is 10.6. The molecule has 0 radical (unpaired) electrons. The third kappa shape index (κ3) is 1.80. The zero-order valence-electron chi connectivity index (χ0n) is 7.77. The second-order valence-electron chi connectivity index (χ2n) is 2.36. The average molecular weight is 192 g/mol. The van der Waals surface area contributed by atoms with Gasteiger partial charge in [-0.25, -0.2) is 9.78 Å². The number of methoxy groups -OCH3 is 2. The van der Waals surface area contributed by atoms with E-state index in [0.717, 1.165) is 0 Å². The van der Waals surface area contributed by atoms with E-state index in [-0.39, 0.29) is 17.1 Å². The lowest BCUT2D eigenvalue weighted by Gasteiger charge is -2.03. The van der Waals surface area contributed by atoms with E-state index >= 15 is 0 Å². The quantitative estimate of drug-likeness (QED) is 0.646. The molecule has 0 saturated carbocycles. The number of carbonyl (C=O) groups excluding carboxylic acids is 1. The standard InChI is InChI=1S/C9H8N2O3/c1-13-8-6(5-10)3-4-7(11-8)9(12)14-2/h3-4H,1-2H3. The minimum Gasteiger partial charge on any atom is -0.480 e. The molecule has 1 aromatic heterocycles. The number of nitrogens with zero attached hydrogens (tertiary/aromatic N) is 2. The van der Waals surface area contributed by atoms with Gasteiger partial charge in [-0.3, -0.25) is 0 Å². The van der Waals surface area contributed by atoms with Gasteiger partial charge < -0.3 is 9.47 Å². The Kier molecular flexibility index (Phi) is 3.02. The summed E-state index contributed by atoms with van der Waals surface area (Å²) in [6.07, 6.45) is 0. The van der Waals surface area contributed by atoms with Gasteiger partial charge in [-0.1, -0.05) is 0 Å². The van der Waals surface area contributed by atoms with Crippen molar-refractivity contribution in [3.63, 3.8) is 0 Å². The molecule has 5 heteroatoms. The summed E-state index contributed by atoms with van der Waals surface area (Å²) in [7, 11) is 2.64. The monoisotopic (exact) mass is 192 g/mol. The van der Waals surface area contributed by atoms with Crippen LogP contribution in [-0.2, 0) is 4.74 Å². The molecule has 1 aromatic rings. The van der Waals surface area contributed by atoms with E-state index in [1.807, 2.05) is 6.07 Å². The van der Waals surface area contributed by atoms with Crippen molar-refractivity contribution in [3.05, 3.63) is 23.4 Å². The number of aromatic nitrogens is 1. The van der Waals surface area contributed by atoms with Crippen molar-refractivity contribution in [2.75, 3.05) is 14.2 Å². The maximum absolute atomic E-state index is 11.1. The maximum atomic E-state index is 11.1. The molecule has 0 atom stereocenters. The van der Waals surface area contributed by atoms with Gasteiger partial charge in [0, 0.05) is 0 Å². The smallest absolute Gasteiger partial charge is 0.356 e. The zero-order valence-corrected chi connectivity index (χ0v) is 7.77. The van der Waals surface area contributed by atoms with Crippen LogP contribution in [0.3, 0.4) is 0 Å². The van der Waals surface area contributed by atoms with Crippen molar-refractivity contribution >= 4 is 5.97 Å². The molecule has 0 spiro atoms. The summed E-state index contributed by atoms with van der Waals surface area (Å²) in [6, 6.07) is 4.76. The summed E-state index contributed by atoms with van der Waals surface area (Å²) in [4.78, 5) is 14.9. The van der Waals surface area contributed by atoms with Crippen molar-refractivity contribution in [1.82, 2.24) is 4.98 Å². The highest BCUT2D eigenvalue weighted by Gasteiger charge is 2.11. The Labute approximate surface area is 80.9 Å². The highest BCUT2D eigenvalue weighted by Crippen LogP contribution is 2.14. The van der Waals surface area contributed by atoms with Crippen LogP contribution in [0.25, 0.3) is 0 Å². The van der Waals surface area contributed by atoms with Crippen LogP contribution in [0.2, 0.25) is 0 Å². The first kappa shape index (κ1) is 9.99. The van der Waals surface area contributed by atoms with Gasteiger partial charge in [0.2, 0.25) is 5.88 Å². The molecule has 0 saturated heterocycles. The fourth-order valence-corrected chi connectivity index (χ4v) is 0.899. The molecule has 0 bridgehead atoms. The Bertz CT molecular complexity index is 396. The molecule has 0 unspecified atom stereocenters. The summed E-state index contributed by atoms with van der Waals surface area (Å²) in [5.41, 5.74) is 0.392. The van der Waals surface area contributed by atoms with E-state index in [4.69, 9.17) is 10.00 Å². The fraction of sp³-hybridized carbons (Fsp3) is 0.222. The van der Waals surface area contributed by atoms with Gasteiger partial charge in [0.05, 0.1) is 14.2 Å². The van der Waals surface area contributed by atoms with E-state index < -0.39 is 5.97 Å². The molecule has 72 valence electrons. The Morgan fingerprint density at radius 1 is 1.50 bits per heavy atom. The number of nitriles is 1. The van der Waals surface area contributed by atoms with E-state index in [0.29, 0.717) is 0 Å². The van der Waals surface area contributed by atoms with Gasteiger partial charge in [-0.2, -0.15) is 5.26 Å². The number of hydrogen-bond acceptors (Lipinski definition) is 5. The molecule has 0 N–H and O–H groups in total. The summed E-state index contributed by atoms with van der Waals surface area (Å²) in [5.74, 6) is -0.441. The molecule has 1 rings (SSSR count). The van der Waals surface area contributed by atoms with E-state index in [9.17, 15) is 4.79 Å². The number of ether oxygens (including phenoxy) is 2. The first-order chi connectivity index (χ1) is 6.72. The minimum atomic E-state index is -0.562. The van der Waals surface area contributed by atoms with Gasteiger partial charge in [0.1, 0.15) is 11.6 Å². The van der Waals surface area contributed by atoms with Crippen LogP contribution in [0.4, 0.5) is 0 Å². The Morgan fingerprint density at radius 2 is 2.21 bits per heavy atom. The van der Waals surface area contributed by atoms with Crippen LogP contribution < -0.4 is 4.74 Å². The third-order valence-electron chi connectivity index (χ3n) is 1.57. The second kappa shape index (κ2) is 4.23. The Morgan fingerprint density at radius 3 is 2.71 bits per heavy atom. The summed E-state index contributed by atoms with van der Waals surface area (Å²) in [6.45, 7) is 0. The van der Waals surface area contributed by atoms with Gasteiger partial charge >= 0.3 is 5.97 Å². The van der Waals surface area contributed by atoms with Gasteiger partial charge in [-0.15, -0.1) is 0 Å². The van der Waals surface area contributed by atoms with E-state index in [1.165, 1.54) is 26.4 Å². The highest BCUT2D eigenvalue weighted by molar-refractivity contribution is 5.87. The lowest BCUT2D eigenvalue weighted by atomic mass is 10.2. The van der Waals surface area contributed by atoms with Crippen LogP contribution in [0.1, 0.15) is 16.1 Å². The lowest BCUT2D eigenvalue weighted by Crippen LogP contribution is -2.05. The van der Waals surface area contributed by atoms with Crippen LogP contribution in [0, 0.1) is 11.3 Å². The van der Waals surface area contributed by atoms with Gasteiger partial charge in [0.25, 0.3) is 0 Å². The highest BCUT2D eigenvalue weighted by atomic mass is 16.5. The summed E-state index contributed by atoms with van der Waals surface area (Å²) in [5, 5.41) is 8.65. The van der Waals surface area contributed by atoms with Crippen molar-refractivity contribution in [2.24, 2.45) is 0 Å². The van der Waals surface area contributed by atoms with Crippen molar-refractivity contribution in [2.45, 2.75) is 0 Å². The van der Waals surface area contributed by atoms with Crippen molar-refractivity contribution in [1.29, 1.82) is 5.26 Å². The SMILES string of the molecule is COC(=O)c1ccc(C#N)c(OC)n1. The number of hydrogen-bond donors (Lipinski definition) is 0. The summed E-state index contributed by atoms with van der Waals surface area (Å²) >= 11 is 0. The number of esters is 1. The van der Waals surface area contributed by atoms with Crippen LogP contribution in [0.15, 0.2) is 12.1 Å². The molecule has 0 fully saturated rings. The second-order valence-corrected chi connectivity index (χ2v) is 2.36. The van der Waals surface area contributed by atoms with Crippen LogP contribution in [-0.4, -0.2) is 25.2 Å². The topological polar surface area (TPSA) is 72.2 Å². The maximum Gasteiger partial charge on any atom is 0.356 e. The van der Waals surface area contributed by atoms with Crippen molar-refractivity contribution < 1.29 is 14.3 Å². The molecule has 14 heavy (non-hydrogen) atoms. The van der Waals surface area contributed by atoms with Crippen LogP contribution in [0.5, 0.6) is 5.88 Å². The van der Waals surface area contributed by atoms with Crippen LogP contribution >= 0.6 is 0 Å². The molecule has 0 aliphatic carbocycles. The molecule has 1 heterocycles. The number of carbonyl (C=O) groups is 1. The Hall–Kier alpha value is -2.09. The molecule has 0 aliphatic rings. The molecular weight excluding hydrogens is 184 g/mol. The normalized spacial score (nSPS) is 8.93. The molecule has 0 amide bonds. The first-order valence-corrected chi connectivity index (χ1v) is 3.76. The van der Waals surface area contributed by atoms with Gasteiger partial charge in [-0.05, 0) is 12.1 Å². The minimum absolute atomic E-state index is 0.114. The van der Waals surface area contributed by atoms with Crippen molar-refractivity contribution in [3.8, 4) is 11.9 Å². The molecule has 0 aliphatic heterocycles. The fourth-order valence-electron chi connectivity index (χ4n) is 0.899. The van der Waals surface area contributed by atoms with E-state index in [1.54, 1.807) is 0 Å². The molecule has 5 nitrogen and oxygen atoms in total. The predicted molar refractivity (Wildman–Crippen MR) is 46.8 cm³/mol. The molecule has 0 aromatic carbocycles. The lowest BCUT2D eigenvalue weighted by molar-refractivity contribution is 0.0593. The predicted octanol–water partition coefficient (Wildman–Crippen LogP) is 0.748. The largest absolute Gasteiger partial charge is 0.480 e. The Balaban J connectivity index is 3.15. The van der Waals surface area contributed by atoms with E-state index in [2.05, 4.69) is 9.72 Å². The first-order valence-electron chi connectivity index (χ1n) is 3.76. The number of pyridine rings is 1. The summed E-state index contributed by atoms with van der Waals surface area (Å²) < 4.78 is 9.30. The molecular formula is C9H8N2O3.